The zero-order chi connectivity index (χ0) is 10.2. The molecule has 0 aliphatic heterocycles. The SMILES string of the molecule is [Cr+3].[NH-]CCN.[NH-]CCN.[NH-]CCN. The minimum atomic E-state index is 0. The number of rotatable bonds is 3. The van der Waals surface area contributed by atoms with Crippen LogP contribution in [0.5, 0.6) is 0 Å². The Morgan fingerprint density at radius 1 is 0.615 bits per heavy atom. The first-order valence-electron chi connectivity index (χ1n) is 3.79. The molecule has 1 radical (unpaired) electrons. The van der Waals surface area contributed by atoms with Crippen LogP contribution in [0.2, 0.25) is 0 Å². The molecule has 0 rings (SSSR count). The molecule has 6 nitrogen and oxygen atoms in total. The minimum Gasteiger partial charge on any atom is -0.676 e. The molecule has 0 spiro atoms. The summed E-state index contributed by atoms with van der Waals surface area (Å²) in [5, 5.41) is 0. The second-order valence-corrected chi connectivity index (χ2v) is 1.62. The third kappa shape index (κ3) is 120. The summed E-state index contributed by atoms with van der Waals surface area (Å²) in [4.78, 5) is 0. The zero-order valence-corrected chi connectivity index (χ0v) is 9.16. The maximum atomic E-state index is 6.33. The summed E-state index contributed by atoms with van der Waals surface area (Å²) < 4.78 is 0. The van der Waals surface area contributed by atoms with Crippen LogP contribution in [0.4, 0.5) is 0 Å². The van der Waals surface area contributed by atoms with Gasteiger partial charge in [-0.25, -0.2) is 0 Å². The number of hydrogen-bond acceptors (Lipinski definition) is 3. The monoisotopic (exact) mass is 229 g/mol. The van der Waals surface area contributed by atoms with Crippen LogP contribution in [0.15, 0.2) is 0 Å². The molecule has 0 heterocycles. The first kappa shape index (κ1) is 23.3. The molecule has 0 fully saturated rings. The Morgan fingerprint density at radius 2 is 0.692 bits per heavy atom. The molecule has 0 aliphatic carbocycles. The summed E-state index contributed by atoms with van der Waals surface area (Å²) in [6.07, 6.45) is 0. The topological polar surface area (TPSA) is 149 Å². The van der Waals surface area contributed by atoms with Gasteiger partial charge in [-0.15, -0.1) is 19.6 Å². The van der Waals surface area contributed by atoms with Crippen molar-refractivity contribution in [3.05, 3.63) is 17.2 Å². The van der Waals surface area contributed by atoms with E-state index in [9.17, 15) is 0 Å². The van der Waals surface area contributed by atoms with Crippen LogP contribution in [0.3, 0.4) is 0 Å². The maximum Gasteiger partial charge on any atom is 3.00 e. The fourth-order valence-electron chi connectivity index (χ4n) is 0. The van der Waals surface area contributed by atoms with E-state index in [0.29, 0.717) is 39.3 Å². The molecule has 9 N–H and O–H groups in total. The van der Waals surface area contributed by atoms with Crippen LogP contribution in [0.25, 0.3) is 17.2 Å². The van der Waals surface area contributed by atoms with Gasteiger partial charge in [0.15, 0.2) is 0 Å². The van der Waals surface area contributed by atoms with Crippen molar-refractivity contribution in [1.82, 2.24) is 0 Å². The molecule has 0 aromatic carbocycles. The van der Waals surface area contributed by atoms with E-state index >= 15 is 0 Å². The fraction of sp³-hybridized carbons (Fsp3) is 1.00. The maximum absolute atomic E-state index is 6.33. The second-order valence-electron chi connectivity index (χ2n) is 1.62. The molecule has 0 atom stereocenters. The molecule has 0 aromatic rings. The van der Waals surface area contributed by atoms with Crippen LogP contribution in [0, 0.1) is 0 Å². The van der Waals surface area contributed by atoms with Gasteiger partial charge in [-0.05, 0) is 19.6 Å². The van der Waals surface area contributed by atoms with Crippen molar-refractivity contribution in [3.8, 4) is 0 Å². The summed E-state index contributed by atoms with van der Waals surface area (Å²) in [7, 11) is 0. The third-order valence-electron chi connectivity index (χ3n) is 0.433. The third-order valence-corrected chi connectivity index (χ3v) is 0.433. The molecule has 0 bridgehead atoms. The van der Waals surface area contributed by atoms with Gasteiger partial charge in [0.25, 0.3) is 0 Å². The Balaban J connectivity index is -0.0000000450. The molecule has 0 aliphatic rings. The van der Waals surface area contributed by atoms with E-state index in [1.54, 1.807) is 0 Å². The van der Waals surface area contributed by atoms with Gasteiger partial charge in [0.1, 0.15) is 0 Å². The predicted octanol–water partition coefficient (Wildman–Crippen LogP) is -0.0106. The normalized spacial score (nSPS) is 6.92. The van der Waals surface area contributed by atoms with E-state index in [1.807, 2.05) is 0 Å². The van der Waals surface area contributed by atoms with Crippen molar-refractivity contribution in [1.29, 1.82) is 0 Å². The van der Waals surface area contributed by atoms with Gasteiger partial charge in [0.2, 0.25) is 0 Å². The fourth-order valence-corrected chi connectivity index (χ4v) is 0. The average Bonchev–Trinajstić information content (AvgIpc) is 2.18. The Morgan fingerprint density at radius 3 is 0.692 bits per heavy atom. The van der Waals surface area contributed by atoms with E-state index in [-0.39, 0.29) is 17.4 Å². The molecule has 7 heteroatoms. The molecule has 0 saturated carbocycles. The summed E-state index contributed by atoms with van der Waals surface area (Å²) in [5.41, 5.74) is 33.5. The van der Waals surface area contributed by atoms with Crippen molar-refractivity contribution in [2.24, 2.45) is 17.2 Å². The zero-order valence-electron chi connectivity index (χ0n) is 7.88. The van der Waals surface area contributed by atoms with Crippen LogP contribution in [0.1, 0.15) is 0 Å². The smallest absolute Gasteiger partial charge is 0.676 e. The number of nitrogens with one attached hydrogen (secondary N) is 3. The van der Waals surface area contributed by atoms with Crippen molar-refractivity contribution >= 4 is 0 Å². The molecule has 0 saturated heterocycles. The molecule has 0 unspecified atom stereocenters. The van der Waals surface area contributed by atoms with E-state index in [1.165, 1.54) is 0 Å². The van der Waals surface area contributed by atoms with E-state index in [4.69, 9.17) is 34.4 Å². The Labute approximate surface area is 91.5 Å². The van der Waals surface area contributed by atoms with Crippen LogP contribution < -0.4 is 17.2 Å². The molecule has 0 amide bonds. The van der Waals surface area contributed by atoms with Crippen molar-refractivity contribution < 1.29 is 17.4 Å². The van der Waals surface area contributed by atoms with Gasteiger partial charge < -0.3 is 34.4 Å². The second kappa shape index (κ2) is 39.6. The predicted molar refractivity (Wildman–Crippen MR) is 54.7 cm³/mol. The quantitative estimate of drug-likeness (QED) is 0.624. The van der Waals surface area contributed by atoms with Crippen molar-refractivity contribution in [2.45, 2.75) is 0 Å². The summed E-state index contributed by atoms with van der Waals surface area (Å²) in [6, 6.07) is 0. The van der Waals surface area contributed by atoms with E-state index in [0.717, 1.165) is 0 Å². The summed E-state index contributed by atoms with van der Waals surface area (Å²) >= 11 is 0. The molecular formula is C6H21CrN6. The summed E-state index contributed by atoms with van der Waals surface area (Å²) in [6.45, 7) is 2.50. The van der Waals surface area contributed by atoms with Gasteiger partial charge >= 0.3 is 17.4 Å². The molecule has 81 valence electrons. The van der Waals surface area contributed by atoms with Crippen LogP contribution in [-0.4, -0.2) is 39.3 Å². The first-order valence-corrected chi connectivity index (χ1v) is 3.79. The molecule has 13 heavy (non-hydrogen) atoms. The van der Waals surface area contributed by atoms with Gasteiger partial charge in [-0.1, -0.05) is 0 Å². The molecule has 0 aromatic heterocycles. The van der Waals surface area contributed by atoms with E-state index < -0.39 is 0 Å². The van der Waals surface area contributed by atoms with Crippen LogP contribution in [-0.2, 0) is 17.4 Å². The molecular weight excluding hydrogens is 208 g/mol. The number of nitrogens with two attached hydrogens (primary N) is 3. The number of hydrogen-bond donors (Lipinski definition) is 3. The standard InChI is InChI=1S/3C2H7N2.Cr/c3*3-1-2-4;/h3*3H,1-2,4H2;/q3*-1;+3. The van der Waals surface area contributed by atoms with Gasteiger partial charge in [0, 0.05) is 0 Å². The van der Waals surface area contributed by atoms with Gasteiger partial charge in [-0.3, -0.25) is 0 Å². The summed E-state index contributed by atoms with van der Waals surface area (Å²) in [5.74, 6) is 0. The Kier molecular flexibility index (Phi) is 70.8. The Bertz CT molecular complexity index is 32.6. The van der Waals surface area contributed by atoms with Crippen molar-refractivity contribution in [2.75, 3.05) is 39.3 Å². The largest absolute Gasteiger partial charge is 3.00 e. The van der Waals surface area contributed by atoms with E-state index in [2.05, 4.69) is 0 Å². The Hall–Kier alpha value is 0.292. The minimum absolute atomic E-state index is 0. The first-order chi connectivity index (χ1) is 5.74. The van der Waals surface area contributed by atoms with Gasteiger partial charge in [-0.2, -0.15) is 0 Å². The average molecular weight is 229 g/mol. The van der Waals surface area contributed by atoms with Crippen molar-refractivity contribution in [3.63, 3.8) is 0 Å². The van der Waals surface area contributed by atoms with Crippen LogP contribution >= 0.6 is 0 Å². The van der Waals surface area contributed by atoms with Gasteiger partial charge in [0.05, 0.1) is 0 Å².